The Balaban J connectivity index is 2.41. The molecule has 1 aromatic carbocycles. The van der Waals surface area contributed by atoms with E-state index in [4.69, 9.17) is 28.6 Å². The van der Waals surface area contributed by atoms with Crippen LogP contribution in [0.4, 0.5) is 20.3 Å². The number of nitrogens with zero attached hydrogens (tertiary/aromatic N) is 2. The van der Waals surface area contributed by atoms with Crippen LogP contribution < -0.4 is 5.32 Å². The predicted molar refractivity (Wildman–Crippen MR) is 79.2 cm³/mol. The number of aromatic nitrogens is 2. The number of hydrogen-bond acceptors (Lipinski definition) is 4. The molecule has 0 bridgehead atoms. The lowest BCUT2D eigenvalue weighted by Gasteiger charge is -2.14. The summed E-state index contributed by atoms with van der Waals surface area (Å²) in [6.07, 6.45) is 0.958. The number of alkyl halides is 2. The molecule has 0 saturated heterocycles. The van der Waals surface area contributed by atoms with Gasteiger partial charge < -0.3 is 10.7 Å². The van der Waals surface area contributed by atoms with Crippen molar-refractivity contribution in [3.05, 3.63) is 45.8 Å². The molecule has 0 saturated carbocycles. The maximum atomic E-state index is 13.3. The van der Waals surface area contributed by atoms with E-state index in [0.717, 1.165) is 13.1 Å². The summed E-state index contributed by atoms with van der Waals surface area (Å²) in [6, 6.07) is 5.69. The molecule has 0 atom stereocenters. The molecule has 0 amide bonds. The van der Waals surface area contributed by atoms with Gasteiger partial charge in [0.25, 0.3) is 5.92 Å². The van der Waals surface area contributed by atoms with Gasteiger partial charge in [-0.3, -0.25) is 0 Å². The zero-order chi connectivity index (χ0) is 15.6. The van der Waals surface area contributed by atoms with Crippen LogP contribution in [0.3, 0.4) is 0 Å². The van der Waals surface area contributed by atoms with Crippen molar-refractivity contribution in [1.82, 2.24) is 9.97 Å². The number of halogens is 4. The number of hydrogen-bond donors (Lipinski definition) is 2. The minimum absolute atomic E-state index is 0.00414. The van der Waals surface area contributed by atoms with E-state index in [9.17, 15) is 8.78 Å². The predicted octanol–water partition coefficient (Wildman–Crippen LogP) is 4.64. The summed E-state index contributed by atoms with van der Waals surface area (Å²) in [5, 5.41) is 10.0. The summed E-state index contributed by atoms with van der Waals surface area (Å²) in [6.45, 7) is 0.813. The van der Waals surface area contributed by atoms with E-state index < -0.39 is 5.92 Å². The van der Waals surface area contributed by atoms with Crippen molar-refractivity contribution in [2.45, 2.75) is 12.8 Å². The maximum Gasteiger partial charge on any atom is 0.270 e. The molecule has 2 rings (SSSR count). The number of anilines is 2. The topological polar surface area (TPSA) is 61.7 Å². The Hall–Kier alpha value is -1.79. The van der Waals surface area contributed by atoms with E-state index in [0.29, 0.717) is 5.69 Å². The maximum absolute atomic E-state index is 13.3. The molecule has 2 aromatic rings. The van der Waals surface area contributed by atoms with Crippen LogP contribution in [0.1, 0.15) is 18.1 Å². The van der Waals surface area contributed by atoms with E-state index in [1.54, 1.807) is 6.07 Å². The van der Waals surface area contributed by atoms with Gasteiger partial charge in [0, 0.05) is 24.4 Å². The van der Waals surface area contributed by atoms with E-state index in [-0.39, 0.29) is 27.4 Å². The van der Waals surface area contributed by atoms with Crippen LogP contribution in [-0.4, -0.2) is 16.2 Å². The van der Waals surface area contributed by atoms with Crippen molar-refractivity contribution in [2.24, 2.45) is 0 Å². The number of benzene rings is 1. The molecule has 1 heterocycles. The summed E-state index contributed by atoms with van der Waals surface area (Å²) < 4.78 is 26.6. The minimum atomic E-state index is -2.96. The van der Waals surface area contributed by atoms with Crippen LogP contribution in [0.15, 0.2) is 24.3 Å². The quantitative estimate of drug-likeness (QED) is 0.487. The van der Waals surface area contributed by atoms with Gasteiger partial charge in [0.1, 0.15) is 11.0 Å². The second-order valence-corrected chi connectivity index (χ2v) is 4.98. The molecule has 4 nitrogen and oxygen atoms in total. The Morgan fingerprint density at radius 1 is 1.29 bits per heavy atom. The Bertz CT molecular complexity index is 686. The van der Waals surface area contributed by atoms with Gasteiger partial charge in [-0.1, -0.05) is 23.7 Å². The van der Waals surface area contributed by atoms with Crippen molar-refractivity contribution in [3.8, 4) is 0 Å². The molecule has 110 valence electrons. The first-order valence-corrected chi connectivity index (χ1v) is 6.56. The van der Waals surface area contributed by atoms with Crippen LogP contribution in [-0.2, 0) is 5.92 Å². The molecular formula is C13H10Cl2F2N4. The molecular weight excluding hydrogens is 321 g/mol. The summed E-state index contributed by atoms with van der Waals surface area (Å²) >= 11 is 11.6. The van der Waals surface area contributed by atoms with Crippen LogP contribution in [0.25, 0.3) is 0 Å². The van der Waals surface area contributed by atoms with Gasteiger partial charge in [0.2, 0.25) is 5.28 Å². The lowest BCUT2D eigenvalue weighted by atomic mass is 10.1. The van der Waals surface area contributed by atoms with Crippen molar-refractivity contribution in [3.63, 3.8) is 0 Å². The monoisotopic (exact) mass is 330 g/mol. The fourth-order valence-electron chi connectivity index (χ4n) is 1.65. The Morgan fingerprint density at radius 3 is 2.62 bits per heavy atom. The van der Waals surface area contributed by atoms with Crippen LogP contribution >= 0.6 is 23.2 Å². The molecule has 0 spiro atoms. The molecule has 1 aromatic heterocycles. The zero-order valence-electron chi connectivity index (χ0n) is 10.8. The number of rotatable bonds is 4. The van der Waals surface area contributed by atoms with Crippen molar-refractivity contribution in [1.29, 1.82) is 5.41 Å². The van der Waals surface area contributed by atoms with Crippen LogP contribution in [0, 0.1) is 5.41 Å². The van der Waals surface area contributed by atoms with Crippen LogP contribution in [0.2, 0.25) is 10.4 Å². The Labute approximate surface area is 129 Å². The Kier molecular flexibility index (Phi) is 4.39. The first-order chi connectivity index (χ1) is 9.81. The molecule has 2 N–H and O–H groups in total. The lowest BCUT2D eigenvalue weighted by Crippen LogP contribution is -2.08. The third-order valence-electron chi connectivity index (χ3n) is 2.65. The van der Waals surface area contributed by atoms with E-state index >= 15 is 0 Å². The second-order valence-electron chi connectivity index (χ2n) is 4.28. The summed E-state index contributed by atoms with van der Waals surface area (Å²) in [4.78, 5) is 7.62. The summed E-state index contributed by atoms with van der Waals surface area (Å²) in [7, 11) is 0. The van der Waals surface area contributed by atoms with Gasteiger partial charge in [-0.2, -0.15) is 4.98 Å². The van der Waals surface area contributed by atoms with Gasteiger partial charge in [0.05, 0.1) is 5.56 Å². The highest BCUT2D eigenvalue weighted by molar-refractivity contribution is 6.34. The van der Waals surface area contributed by atoms with Crippen molar-refractivity contribution in [2.75, 3.05) is 5.32 Å². The molecule has 0 aliphatic rings. The van der Waals surface area contributed by atoms with E-state index in [1.165, 1.54) is 18.2 Å². The summed E-state index contributed by atoms with van der Waals surface area (Å²) in [5.74, 6) is -2.78. The van der Waals surface area contributed by atoms with Crippen LogP contribution in [0.5, 0.6) is 0 Å². The molecule has 8 heteroatoms. The van der Waals surface area contributed by atoms with Gasteiger partial charge in [-0.05, 0) is 23.7 Å². The molecule has 0 radical (unpaired) electrons. The third-order valence-corrected chi connectivity index (χ3v) is 3.11. The normalized spacial score (nSPS) is 11.3. The smallest absolute Gasteiger partial charge is 0.270 e. The van der Waals surface area contributed by atoms with Gasteiger partial charge in [-0.15, -0.1) is 0 Å². The first kappa shape index (κ1) is 15.6. The molecule has 0 fully saturated rings. The first-order valence-electron chi connectivity index (χ1n) is 5.80. The van der Waals surface area contributed by atoms with Crippen molar-refractivity contribution >= 4 is 40.9 Å². The zero-order valence-corrected chi connectivity index (χ0v) is 12.3. The highest BCUT2D eigenvalue weighted by Gasteiger charge is 2.24. The molecule has 0 aliphatic carbocycles. The standard InChI is InChI=1S/C13H10Cl2F2N4/c1-13(16,17)7-3-2-4-8(5-7)19-11-9(6-18)10(14)20-12(15)21-11/h2-6,18H,1H3,(H,19,20,21). The Morgan fingerprint density at radius 2 is 2.00 bits per heavy atom. The minimum Gasteiger partial charge on any atom is -0.339 e. The largest absolute Gasteiger partial charge is 0.339 e. The average Bonchev–Trinajstić information content (AvgIpc) is 2.37. The molecule has 21 heavy (non-hydrogen) atoms. The fourth-order valence-corrected chi connectivity index (χ4v) is 2.08. The van der Waals surface area contributed by atoms with E-state index in [2.05, 4.69) is 15.3 Å². The average molecular weight is 331 g/mol. The lowest BCUT2D eigenvalue weighted by molar-refractivity contribution is 0.0175. The third kappa shape index (κ3) is 3.65. The number of nitrogens with one attached hydrogen (secondary N) is 2. The highest BCUT2D eigenvalue weighted by Crippen LogP contribution is 2.30. The molecule has 0 unspecified atom stereocenters. The second kappa shape index (κ2) is 5.91. The van der Waals surface area contributed by atoms with E-state index in [1.807, 2.05) is 0 Å². The van der Waals surface area contributed by atoms with Gasteiger partial charge in [0.15, 0.2) is 0 Å². The fraction of sp³-hybridized carbons (Fsp3) is 0.154. The SMILES string of the molecule is CC(F)(F)c1cccc(Nc2nc(Cl)nc(Cl)c2C=N)c1. The van der Waals surface area contributed by atoms with Crippen molar-refractivity contribution < 1.29 is 8.78 Å². The highest BCUT2D eigenvalue weighted by atomic mass is 35.5. The van der Waals surface area contributed by atoms with Gasteiger partial charge in [-0.25, -0.2) is 13.8 Å². The molecule has 0 aliphatic heterocycles. The summed E-state index contributed by atoms with van der Waals surface area (Å²) in [5.41, 5.74) is 0.452. The van der Waals surface area contributed by atoms with Gasteiger partial charge >= 0.3 is 0 Å².